The summed E-state index contributed by atoms with van der Waals surface area (Å²) in [6, 6.07) is 4.71. The third kappa shape index (κ3) is 4.34. The molecule has 0 radical (unpaired) electrons. The monoisotopic (exact) mass is 341 g/mol. The molecule has 3 rings (SSSR count). The van der Waals surface area contributed by atoms with Gasteiger partial charge in [0.25, 0.3) is 5.91 Å². The van der Waals surface area contributed by atoms with Gasteiger partial charge in [0, 0.05) is 37.7 Å². The molecule has 128 valence electrons. The zero-order valence-corrected chi connectivity index (χ0v) is 13.5. The Morgan fingerprint density at radius 1 is 1.24 bits per heavy atom. The summed E-state index contributed by atoms with van der Waals surface area (Å²) < 4.78 is 14.7. The minimum absolute atomic E-state index is 0.179. The van der Waals surface area contributed by atoms with Crippen LogP contribution in [-0.4, -0.2) is 43.7 Å². The van der Waals surface area contributed by atoms with Gasteiger partial charge in [-0.3, -0.25) is 9.78 Å². The molecule has 0 aliphatic rings. The van der Waals surface area contributed by atoms with Crippen molar-refractivity contribution >= 4 is 11.7 Å². The van der Waals surface area contributed by atoms with Crippen molar-refractivity contribution in [2.45, 2.75) is 6.92 Å². The third-order valence-electron chi connectivity index (χ3n) is 3.25. The normalized spacial score (nSPS) is 10.5. The summed E-state index contributed by atoms with van der Waals surface area (Å²) in [5, 5.41) is 9.93. The summed E-state index contributed by atoms with van der Waals surface area (Å²) in [6.07, 6.45) is 5.82. The second-order valence-corrected chi connectivity index (χ2v) is 5.18. The van der Waals surface area contributed by atoms with Crippen LogP contribution in [-0.2, 0) is 0 Å². The molecular weight excluding hydrogens is 325 g/mol. The SMILES string of the molecule is Cc1nc(NCCNC(=O)c2cncc(F)c2)cc(-n2cccn2)n1. The van der Waals surface area contributed by atoms with Crippen LogP contribution in [0.5, 0.6) is 0 Å². The molecule has 8 nitrogen and oxygen atoms in total. The number of hydrogen-bond acceptors (Lipinski definition) is 6. The smallest absolute Gasteiger partial charge is 0.253 e. The molecule has 3 heterocycles. The molecule has 0 saturated heterocycles. The van der Waals surface area contributed by atoms with Gasteiger partial charge in [-0.2, -0.15) is 5.10 Å². The number of hydrogen-bond donors (Lipinski definition) is 2. The van der Waals surface area contributed by atoms with Gasteiger partial charge in [0.15, 0.2) is 5.82 Å². The van der Waals surface area contributed by atoms with Gasteiger partial charge in [-0.15, -0.1) is 0 Å². The molecule has 0 atom stereocenters. The standard InChI is InChI=1S/C16H16FN7O/c1-11-22-14(8-15(23-11)24-6-2-3-21-24)19-4-5-20-16(25)12-7-13(17)10-18-9-12/h2-3,6-10H,4-5H2,1H3,(H,20,25)(H,19,22,23). The number of nitrogens with zero attached hydrogens (tertiary/aromatic N) is 5. The summed E-state index contributed by atoms with van der Waals surface area (Å²) in [5.41, 5.74) is 0.179. The van der Waals surface area contributed by atoms with Crippen molar-refractivity contribution in [3.63, 3.8) is 0 Å². The highest BCUT2D eigenvalue weighted by Gasteiger charge is 2.07. The number of anilines is 1. The molecule has 1 amide bonds. The van der Waals surface area contributed by atoms with E-state index in [1.54, 1.807) is 36.1 Å². The van der Waals surface area contributed by atoms with E-state index in [0.29, 0.717) is 30.5 Å². The van der Waals surface area contributed by atoms with Gasteiger partial charge in [-0.1, -0.05) is 0 Å². The number of rotatable bonds is 6. The Hall–Kier alpha value is -3.36. The molecule has 0 aliphatic carbocycles. The molecule has 2 N–H and O–H groups in total. The summed E-state index contributed by atoms with van der Waals surface area (Å²) in [4.78, 5) is 24.1. The fourth-order valence-corrected chi connectivity index (χ4v) is 2.17. The summed E-state index contributed by atoms with van der Waals surface area (Å²) >= 11 is 0. The van der Waals surface area contributed by atoms with Crippen LogP contribution < -0.4 is 10.6 Å². The van der Waals surface area contributed by atoms with E-state index in [4.69, 9.17) is 0 Å². The largest absolute Gasteiger partial charge is 0.368 e. The molecule has 9 heteroatoms. The molecule has 3 aromatic rings. The molecule has 0 unspecified atom stereocenters. The lowest BCUT2D eigenvalue weighted by Gasteiger charge is -2.09. The van der Waals surface area contributed by atoms with Gasteiger partial charge in [0.05, 0.1) is 11.8 Å². The number of halogens is 1. The van der Waals surface area contributed by atoms with Crippen LogP contribution in [0.2, 0.25) is 0 Å². The molecule has 0 spiro atoms. The van der Waals surface area contributed by atoms with E-state index in [2.05, 4.69) is 30.7 Å². The highest BCUT2D eigenvalue weighted by Crippen LogP contribution is 2.09. The van der Waals surface area contributed by atoms with Crippen molar-refractivity contribution < 1.29 is 9.18 Å². The van der Waals surface area contributed by atoms with Crippen molar-refractivity contribution in [2.24, 2.45) is 0 Å². The first-order valence-electron chi connectivity index (χ1n) is 7.60. The maximum Gasteiger partial charge on any atom is 0.253 e. The molecule has 0 bridgehead atoms. The van der Waals surface area contributed by atoms with E-state index in [9.17, 15) is 9.18 Å². The second-order valence-electron chi connectivity index (χ2n) is 5.18. The minimum atomic E-state index is -0.548. The molecule has 0 saturated carbocycles. The van der Waals surface area contributed by atoms with Crippen molar-refractivity contribution in [3.8, 4) is 5.82 Å². The molecule has 0 aliphatic heterocycles. The van der Waals surface area contributed by atoms with Crippen molar-refractivity contribution in [2.75, 3.05) is 18.4 Å². The Balaban J connectivity index is 1.55. The number of carbonyl (C=O) groups is 1. The maximum absolute atomic E-state index is 13.1. The average molecular weight is 341 g/mol. The van der Waals surface area contributed by atoms with Gasteiger partial charge in [0.1, 0.15) is 17.5 Å². The van der Waals surface area contributed by atoms with Crippen LogP contribution in [0, 0.1) is 12.7 Å². The molecule has 0 fully saturated rings. The zero-order valence-electron chi connectivity index (χ0n) is 13.5. The highest BCUT2D eigenvalue weighted by atomic mass is 19.1. The van der Waals surface area contributed by atoms with E-state index >= 15 is 0 Å². The predicted octanol–water partition coefficient (Wildman–Crippen LogP) is 1.35. The number of aromatic nitrogens is 5. The van der Waals surface area contributed by atoms with Crippen molar-refractivity contribution in [1.29, 1.82) is 0 Å². The second kappa shape index (κ2) is 7.47. The van der Waals surface area contributed by atoms with E-state index in [-0.39, 0.29) is 11.5 Å². The number of aryl methyl sites for hydroxylation is 1. The maximum atomic E-state index is 13.1. The lowest BCUT2D eigenvalue weighted by Crippen LogP contribution is -2.29. The molecular formula is C16H16FN7O. The Morgan fingerprint density at radius 3 is 2.88 bits per heavy atom. The van der Waals surface area contributed by atoms with E-state index in [1.807, 2.05) is 0 Å². The predicted molar refractivity (Wildman–Crippen MR) is 88.9 cm³/mol. The third-order valence-corrected chi connectivity index (χ3v) is 3.25. The van der Waals surface area contributed by atoms with Crippen molar-refractivity contribution in [3.05, 3.63) is 60.2 Å². The fraction of sp³-hybridized carbons (Fsp3) is 0.188. The topological polar surface area (TPSA) is 97.6 Å². The van der Waals surface area contributed by atoms with Crippen LogP contribution >= 0.6 is 0 Å². The number of amides is 1. The fourth-order valence-electron chi connectivity index (χ4n) is 2.17. The van der Waals surface area contributed by atoms with Crippen LogP contribution in [0.25, 0.3) is 5.82 Å². The van der Waals surface area contributed by atoms with Crippen molar-refractivity contribution in [1.82, 2.24) is 30.0 Å². The highest BCUT2D eigenvalue weighted by molar-refractivity contribution is 5.93. The lowest BCUT2D eigenvalue weighted by atomic mass is 10.2. The van der Waals surface area contributed by atoms with E-state index < -0.39 is 5.82 Å². The Kier molecular flexibility index (Phi) is 4.93. The first-order valence-corrected chi connectivity index (χ1v) is 7.60. The Bertz CT molecular complexity index is 867. The average Bonchev–Trinajstić information content (AvgIpc) is 3.13. The Morgan fingerprint density at radius 2 is 2.12 bits per heavy atom. The zero-order chi connectivity index (χ0) is 17.6. The van der Waals surface area contributed by atoms with Gasteiger partial charge in [0.2, 0.25) is 0 Å². The van der Waals surface area contributed by atoms with Gasteiger partial charge in [-0.25, -0.2) is 19.0 Å². The first-order chi connectivity index (χ1) is 12.1. The number of carbonyl (C=O) groups excluding carboxylic acids is 1. The first kappa shape index (κ1) is 16.5. The van der Waals surface area contributed by atoms with E-state index in [0.717, 1.165) is 12.3 Å². The van der Waals surface area contributed by atoms with Gasteiger partial charge >= 0.3 is 0 Å². The van der Waals surface area contributed by atoms with Crippen LogP contribution in [0.1, 0.15) is 16.2 Å². The van der Waals surface area contributed by atoms with Crippen LogP contribution in [0.3, 0.4) is 0 Å². The Labute approximate surface area is 143 Å². The summed E-state index contributed by atoms with van der Waals surface area (Å²) in [7, 11) is 0. The summed E-state index contributed by atoms with van der Waals surface area (Å²) in [6.45, 7) is 2.58. The minimum Gasteiger partial charge on any atom is -0.368 e. The number of pyridine rings is 1. The molecule has 25 heavy (non-hydrogen) atoms. The van der Waals surface area contributed by atoms with Gasteiger partial charge < -0.3 is 10.6 Å². The summed E-state index contributed by atoms with van der Waals surface area (Å²) in [5.74, 6) is 0.943. The van der Waals surface area contributed by atoms with E-state index in [1.165, 1.54) is 6.20 Å². The quantitative estimate of drug-likeness (QED) is 0.657. The van der Waals surface area contributed by atoms with Crippen LogP contribution in [0.4, 0.5) is 10.2 Å². The lowest BCUT2D eigenvalue weighted by molar-refractivity contribution is 0.0954. The van der Waals surface area contributed by atoms with Gasteiger partial charge in [-0.05, 0) is 19.1 Å². The number of nitrogens with one attached hydrogen (secondary N) is 2. The van der Waals surface area contributed by atoms with Crippen LogP contribution in [0.15, 0.2) is 43.0 Å². The molecule has 3 aromatic heterocycles. The molecule has 0 aromatic carbocycles.